The predicted octanol–water partition coefficient (Wildman–Crippen LogP) is 1.31. The van der Waals surface area contributed by atoms with Gasteiger partial charge in [-0.15, -0.1) is 0 Å². The summed E-state index contributed by atoms with van der Waals surface area (Å²) in [6.07, 6.45) is 0. The van der Waals surface area contributed by atoms with Crippen LogP contribution in [0.4, 0.5) is 0 Å². The zero-order valence-corrected chi connectivity index (χ0v) is 13.7. The van der Waals surface area contributed by atoms with E-state index in [9.17, 15) is 0 Å². The van der Waals surface area contributed by atoms with E-state index >= 15 is 0 Å². The third kappa shape index (κ3) is 7.38. The molecule has 114 valence electrons. The molecule has 5 heteroatoms. The fourth-order valence-electron chi connectivity index (χ4n) is 1.81. The molecule has 0 saturated heterocycles. The molecule has 1 unspecified atom stereocenters. The highest BCUT2D eigenvalue weighted by molar-refractivity contribution is 5.79. The SMILES string of the molecule is CCN(CC)C(C)CNC(=NC)NCC(C)(C)OC. The molecule has 0 heterocycles. The number of hydrogen-bond donors (Lipinski definition) is 2. The van der Waals surface area contributed by atoms with Crippen molar-refractivity contribution in [1.82, 2.24) is 15.5 Å². The van der Waals surface area contributed by atoms with Gasteiger partial charge in [0.1, 0.15) is 0 Å². The fraction of sp³-hybridized carbons (Fsp3) is 0.929. The lowest BCUT2D eigenvalue weighted by atomic mass is 10.1. The molecule has 0 bridgehead atoms. The Labute approximate surface area is 118 Å². The van der Waals surface area contributed by atoms with Crippen molar-refractivity contribution in [3.63, 3.8) is 0 Å². The zero-order chi connectivity index (χ0) is 14.9. The Morgan fingerprint density at radius 3 is 2.26 bits per heavy atom. The largest absolute Gasteiger partial charge is 0.377 e. The standard InChI is InChI=1S/C14H32N4O/c1-8-18(9-2)12(3)10-16-13(15-6)17-11-14(4,5)19-7/h12H,8-11H2,1-7H3,(H2,15,16,17). The monoisotopic (exact) mass is 272 g/mol. The van der Waals surface area contributed by atoms with Crippen LogP contribution >= 0.6 is 0 Å². The molecule has 5 nitrogen and oxygen atoms in total. The molecule has 0 aromatic rings. The van der Waals surface area contributed by atoms with Gasteiger partial charge < -0.3 is 15.4 Å². The van der Waals surface area contributed by atoms with Gasteiger partial charge >= 0.3 is 0 Å². The highest BCUT2D eigenvalue weighted by Gasteiger charge is 2.17. The normalized spacial score (nSPS) is 14.6. The van der Waals surface area contributed by atoms with Crippen LogP contribution in [0.5, 0.6) is 0 Å². The van der Waals surface area contributed by atoms with Gasteiger partial charge in [0.25, 0.3) is 0 Å². The molecule has 0 aliphatic rings. The lowest BCUT2D eigenvalue weighted by Crippen LogP contribution is -2.49. The van der Waals surface area contributed by atoms with Gasteiger partial charge in [-0.05, 0) is 33.9 Å². The lowest BCUT2D eigenvalue weighted by Gasteiger charge is -2.28. The fourth-order valence-corrected chi connectivity index (χ4v) is 1.81. The van der Waals surface area contributed by atoms with Gasteiger partial charge in [-0.25, -0.2) is 0 Å². The summed E-state index contributed by atoms with van der Waals surface area (Å²) in [5.41, 5.74) is -0.192. The molecule has 0 aromatic carbocycles. The molecular weight excluding hydrogens is 240 g/mol. The van der Waals surface area contributed by atoms with Crippen LogP contribution in [0.1, 0.15) is 34.6 Å². The first-order chi connectivity index (χ1) is 8.90. The molecule has 0 aliphatic carbocycles. The maximum atomic E-state index is 5.38. The second-order valence-corrected chi connectivity index (χ2v) is 5.34. The van der Waals surface area contributed by atoms with Crippen LogP contribution in [-0.4, -0.2) is 62.8 Å². The number of nitrogens with one attached hydrogen (secondary N) is 2. The summed E-state index contributed by atoms with van der Waals surface area (Å²) in [7, 11) is 3.51. The van der Waals surface area contributed by atoms with E-state index in [1.807, 2.05) is 13.8 Å². The minimum Gasteiger partial charge on any atom is -0.377 e. The lowest BCUT2D eigenvalue weighted by molar-refractivity contribution is 0.0268. The van der Waals surface area contributed by atoms with Crippen LogP contribution in [0, 0.1) is 0 Å². The number of methoxy groups -OCH3 is 1. The van der Waals surface area contributed by atoms with Crippen LogP contribution in [0.3, 0.4) is 0 Å². The maximum absolute atomic E-state index is 5.38. The number of nitrogens with zero attached hydrogens (tertiary/aromatic N) is 2. The smallest absolute Gasteiger partial charge is 0.191 e. The van der Waals surface area contributed by atoms with Crippen LogP contribution in [-0.2, 0) is 4.74 Å². The van der Waals surface area contributed by atoms with Gasteiger partial charge in [-0.1, -0.05) is 13.8 Å². The van der Waals surface area contributed by atoms with E-state index < -0.39 is 0 Å². The number of hydrogen-bond acceptors (Lipinski definition) is 3. The van der Waals surface area contributed by atoms with Gasteiger partial charge in [-0.3, -0.25) is 9.89 Å². The quantitative estimate of drug-likeness (QED) is 0.517. The first kappa shape index (κ1) is 18.2. The predicted molar refractivity (Wildman–Crippen MR) is 82.8 cm³/mol. The van der Waals surface area contributed by atoms with Gasteiger partial charge in [0.2, 0.25) is 0 Å². The Bertz CT molecular complexity index is 262. The topological polar surface area (TPSA) is 48.9 Å². The van der Waals surface area contributed by atoms with Gasteiger partial charge in [0.05, 0.1) is 5.60 Å². The van der Waals surface area contributed by atoms with Gasteiger partial charge in [-0.2, -0.15) is 0 Å². The molecule has 0 aromatic heterocycles. The van der Waals surface area contributed by atoms with Crippen molar-refractivity contribution in [1.29, 1.82) is 0 Å². The van der Waals surface area contributed by atoms with E-state index in [-0.39, 0.29) is 5.60 Å². The van der Waals surface area contributed by atoms with Crippen LogP contribution in [0.2, 0.25) is 0 Å². The first-order valence-corrected chi connectivity index (χ1v) is 7.13. The van der Waals surface area contributed by atoms with Crippen molar-refractivity contribution in [3.8, 4) is 0 Å². The highest BCUT2D eigenvalue weighted by Crippen LogP contribution is 2.04. The van der Waals surface area contributed by atoms with Crippen molar-refractivity contribution in [2.24, 2.45) is 4.99 Å². The van der Waals surface area contributed by atoms with Crippen LogP contribution in [0.25, 0.3) is 0 Å². The van der Waals surface area contributed by atoms with Crippen LogP contribution in [0.15, 0.2) is 4.99 Å². The number of guanidine groups is 1. The number of ether oxygens (including phenoxy) is 1. The van der Waals surface area contributed by atoms with Crippen molar-refractivity contribution in [3.05, 3.63) is 0 Å². The average molecular weight is 272 g/mol. The van der Waals surface area contributed by atoms with E-state index in [0.717, 1.165) is 32.1 Å². The van der Waals surface area contributed by atoms with Crippen molar-refractivity contribution < 1.29 is 4.74 Å². The van der Waals surface area contributed by atoms with E-state index in [1.54, 1.807) is 14.2 Å². The Morgan fingerprint density at radius 2 is 1.84 bits per heavy atom. The molecule has 1 atom stereocenters. The second-order valence-electron chi connectivity index (χ2n) is 5.34. The summed E-state index contributed by atoms with van der Waals surface area (Å²) in [4.78, 5) is 6.64. The number of rotatable bonds is 8. The average Bonchev–Trinajstić information content (AvgIpc) is 2.40. The Morgan fingerprint density at radius 1 is 1.26 bits per heavy atom. The van der Waals surface area contributed by atoms with E-state index in [1.165, 1.54) is 0 Å². The summed E-state index contributed by atoms with van der Waals surface area (Å²) in [5, 5.41) is 6.64. The molecule has 0 fully saturated rings. The van der Waals surface area contributed by atoms with Crippen molar-refractivity contribution >= 4 is 5.96 Å². The van der Waals surface area contributed by atoms with Crippen LogP contribution < -0.4 is 10.6 Å². The molecule has 19 heavy (non-hydrogen) atoms. The Balaban J connectivity index is 4.15. The minimum absolute atomic E-state index is 0.192. The second kappa shape index (κ2) is 9.15. The van der Waals surface area contributed by atoms with E-state index in [2.05, 4.69) is 41.3 Å². The molecule has 0 spiro atoms. The summed E-state index contributed by atoms with van der Waals surface area (Å²) < 4.78 is 5.38. The molecule has 0 radical (unpaired) electrons. The zero-order valence-electron chi connectivity index (χ0n) is 13.7. The molecule has 2 N–H and O–H groups in total. The number of aliphatic imine (C=N–C) groups is 1. The summed E-state index contributed by atoms with van der Waals surface area (Å²) in [5.74, 6) is 0.823. The van der Waals surface area contributed by atoms with E-state index in [0.29, 0.717) is 6.04 Å². The molecule has 0 rings (SSSR count). The third-order valence-corrected chi connectivity index (χ3v) is 3.46. The third-order valence-electron chi connectivity index (χ3n) is 3.46. The molecule has 0 aliphatic heterocycles. The summed E-state index contributed by atoms with van der Waals surface area (Å²) in [6, 6.07) is 0.490. The maximum Gasteiger partial charge on any atom is 0.191 e. The minimum atomic E-state index is -0.192. The van der Waals surface area contributed by atoms with Gasteiger partial charge in [0.15, 0.2) is 5.96 Å². The first-order valence-electron chi connectivity index (χ1n) is 7.13. The molecule has 0 saturated carbocycles. The molecular formula is C14H32N4O. The van der Waals surface area contributed by atoms with Gasteiger partial charge in [0, 0.05) is 33.3 Å². The van der Waals surface area contributed by atoms with Crippen molar-refractivity contribution in [2.75, 3.05) is 40.3 Å². The highest BCUT2D eigenvalue weighted by atomic mass is 16.5. The molecule has 0 amide bonds. The Kier molecular flexibility index (Phi) is 8.76. The summed E-state index contributed by atoms with van der Waals surface area (Å²) in [6.45, 7) is 14.5. The van der Waals surface area contributed by atoms with Crippen molar-refractivity contribution in [2.45, 2.75) is 46.3 Å². The number of likely N-dealkylation sites (N-methyl/N-ethyl adjacent to an activating group) is 1. The van der Waals surface area contributed by atoms with E-state index in [4.69, 9.17) is 4.74 Å². The Hall–Kier alpha value is -0.810. The summed E-state index contributed by atoms with van der Waals surface area (Å²) >= 11 is 0.